The lowest BCUT2D eigenvalue weighted by Crippen LogP contribution is -2.48. The summed E-state index contributed by atoms with van der Waals surface area (Å²) >= 11 is 3.03. The molecular weight excluding hydrogens is 310 g/mol. The molecule has 0 aliphatic heterocycles. The van der Waals surface area contributed by atoms with Crippen molar-refractivity contribution in [2.45, 2.75) is 19.4 Å². The number of benzene rings is 1. The molecule has 0 atom stereocenters. The van der Waals surface area contributed by atoms with Crippen LogP contribution in [0.4, 0.5) is 4.39 Å². The van der Waals surface area contributed by atoms with Crippen molar-refractivity contribution in [1.82, 2.24) is 5.32 Å². The molecule has 0 aliphatic carbocycles. The van der Waals surface area contributed by atoms with Gasteiger partial charge in [-0.15, -0.1) is 12.4 Å². The van der Waals surface area contributed by atoms with E-state index in [1.807, 2.05) is 0 Å². The second-order valence-electron chi connectivity index (χ2n) is 4.17. The second-order valence-corrected chi connectivity index (χ2v) is 5.03. The third-order valence-corrected chi connectivity index (χ3v) is 2.79. The van der Waals surface area contributed by atoms with Gasteiger partial charge in [0.05, 0.1) is 4.47 Å². The van der Waals surface area contributed by atoms with E-state index in [4.69, 9.17) is 5.73 Å². The van der Waals surface area contributed by atoms with Crippen molar-refractivity contribution in [1.29, 1.82) is 0 Å². The minimum Gasteiger partial charge on any atom is -0.346 e. The van der Waals surface area contributed by atoms with E-state index in [-0.39, 0.29) is 23.9 Å². The maximum absolute atomic E-state index is 13.2. The predicted octanol–water partition coefficient (Wildman–Crippen LogP) is 2.48. The van der Waals surface area contributed by atoms with Gasteiger partial charge in [-0.1, -0.05) is 0 Å². The largest absolute Gasteiger partial charge is 0.346 e. The Bertz CT molecular complexity index is 412. The van der Waals surface area contributed by atoms with E-state index in [0.29, 0.717) is 11.0 Å². The average molecular weight is 326 g/mol. The topological polar surface area (TPSA) is 55.1 Å². The highest BCUT2D eigenvalue weighted by Crippen LogP contribution is 2.16. The molecule has 0 aliphatic rings. The molecule has 1 amide bonds. The molecule has 0 fully saturated rings. The van der Waals surface area contributed by atoms with Crippen molar-refractivity contribution >= 4 is 34.2 Å². The van der Waals surface area contributed by atoms with Gasteiger partial charge >= 0.3 is 0 Å². The van der Waals surface area contributed by atoms with Crippen LogP contribution < -0.4 is 11.1 Å². The first-order chi connectivity index (χ1) is 7.35. The van der Waals surface area contributed by atoms with Crippen LogP contribution >= 0.6 is 28.3 Å². The molecular formula is C11H15BrClFN2O. The normalized spacial score (nSPS) is 10.6. The van der Waals surface area contributed by atoms with Crippen LogP contribution in [-0.2, 0) is 0 Å². The van der Waals surface area contributed by atoms with Crippen molar-refractivity contribution in [2.24, 2.45) is 5.73 Å². The fraction of sp³-hybridized carbons (Fsp3) is 0.364. The van der Waals surface area contributed by atoms with E-state index in [1.165, 1.54) is 12.1 Å². The minimum atomic E-state index is -0.499. The molecule has 3 N–H and O–H groups in total. The first kappa shape index (κ1) is 16.4. The fourth-order valence-electron chi connectivity index (χ4n) is 1.07. The standard InChI is InChI=1S/C11H14BrFN2O.ClH/c1-11(2,6-14)15-10(16)7-3-4-8(12)9(13)5-7;/h3-5H,6,14H2,1-2H3,(H,15,16);1H. The summed E-state index contributed by atoms with van der Waals surface area (Å²) in [5.41, 5.74) is 5.27. The molecule has 96 valence electrons. The zero-order valence-electron chi connectivity index (χ0n) is 9.59. The van der Waals surface area contributed by atoms with Crippen LogP contribution in [0.25, 0.3) is 0 Å². The number of amides is 1. The number of carbonyl (C=O) groups is 1. The zero-order chi connectivity index (χ0) is 12.3. The number of rotatable bonds is 3. The van der Waals surface area contributed by atoms with Gasteiger partial charge in [0.1, 0.15) is 5.82 Å². The molecule has 0 saturated carbocycles. The lowest BCUT2D eigenvalue weighted by atomic mass is 10.1. The van der Waals surface area contributed by atoms with Crippen molar-refractivity contribution < 1.29 is 9.18 Å². The predicted molar refractivity (Wildman–Crippen MR) is 71.9 cm³/mol. The Morgan fingerprint density at radius 2 is 2.12 bits per heavy atom. The van der Waals surface area contributed by atoms with Crippen LogP contribution in [0.2, 0.25) is 0 Å². The molecule has 0 saturated heterocycles. The van der Waals surface area contributed by atoms with Crippen LogP contribution in [-0.4, -0.2) is 18.0 Å². The molecule has 1 aromatic carbocycles. The lowest BCUT2D eigenvalue weighted by Gasteiger charge is -2.24. The lowest BCUT2D eigenvalue weighted by molar-refractivity contribution is 0.0915. The monoisotopic (exact) mass is 324 g/mol. The molecule has 17 heavy (non-hydrogen) atoms. The molecule has 0 aromatic heterocycles. The summed E-state index contributed by atoms with van der Waals surface area (Å²) in [5, 5.41) is 2.72. The SMILES string of the molecule is CC(C)(CN)NC(=O)c1ccc(Br)c(F)c1.Cl. The Morgan fingerprint density at radius 3 is 2.59 bits per heavy atom. The Labute approximate surface area is 114 Å². The van der Waals surface area contributed by atoms with Crippen molar-refractivity contribution in [2.75, 3.05) is 6.54 Å². The van der Waals surface area contributed by atoms with Crippen LogP contribution in [0.15, 0.2) is 22.7 Å². The van der Waals surface area contributed by atoms with E-state index in [0.717, 1.165) is 0 Å². The van der Waals surface area contributed by atoms with Gasteiger partial charge < -0.3 is 11.1 Å². The molecule has 0 bridgehead atoms. The smallest absolute Gasteiger partial charge is 0.251 e. The van der Waals surface area contributed by atoms with Crippen LogP contribution in [0, 0.1) is 5.82 Å². The summed E-state index contributed by atoms with van der Waals surface area (Å²) in [6.07, 6.45) is 0. The van der Waals surface area contributed by atoms with Gasteiger partial charge in [0.25, 0.3) is 5.91 Å². The van der Waals surface area contributed by atoms with E-state index < -0.39 is 11.4 Å². The van der Waals surface area contributed by atoms with Crippen molar-refractivity contribution in [3.05, 3.63) is 34.1 Å². The molecule has 1 aromatic rings. The highest BCUT2D eigenvalue weighted by atomic mass is 79.9. The summed E-state index contributed by atoms with van der Waals surface area (Å²) in [6, 6.07) is 4.24. The number of nitrogens with one attached hydrogen (secondary N) is 1. The van der Waals surface area contributed by atoms with Gasteiger partial charge in [-0.3, -0.25) is 4.79 Å². The van der Waals surface area contributed by atoms with E-state index in [2.05, 4.69) is 21.2 Å². The molecule has 0 radical (unpaired) electrons. The second kappa shape index (κ2) is 6.33. The molecule has 0 spiro atoms. The van der Waals surface area contributed by atoms with Gasteiger partial charge in [-0.2, -0.15) is 0 Å². The van der Waals surface area contributed by atoms with Crippen LogP contribution in [0.5, 0.6) is 0 Å². The maximum Gasteiger partial charge on any atom is 0.251 e. The summed E-state index contributed by atoms with van der Waals surface area (Å²) in [6.45, 7) is 3.93. The minimum absolute atomic E-state index is 0. The third kappa shape index (κ3) is 4.61. The first-order valence-corrected chi connectivity index (χ1v) is 5.62. The van der Waals surface area contributed by atoms with E-state index >= 15 is 0 Å². The fourth-order valence-corrected chi connectivity index (χ4v) is 1.31. The van der Waals surface area contributed by atoms with Crippen LogP contribution in [0.3, 0.4) is 0 Å². The number of nitrogens with two attached hydrogens (primary N) is 1. The Balaban J connectivity index is 0.00000256. The quantitative estimate of drug-likeness (QED) is 0.897. The van der Waals surface area contributed by atoms with Gasteiger partial charge in [0.2, 0.25) is 0 Å². The van der Waals surface area contributed by atoms with Gasteiger partial charge in [-0.25, -0.2) is 4.39 Å². The summed E-state index contributed by atoms with van der Waals surface area (Å²) in [7, 11) is 0. The molecule has 6 heteroatoms. The number of hydrogen-bond acceptors (Lipinski definition) is 2. The Morgan fingerprint density at radius 1 is 1.53 bits per heavy atom. The third-order valence-electron chi connectivity index (χ3n) is 2.14. The summed E-state index contributed by atoms with van der Waals surface area (Å²) < 4.78 is 13.5. The van der Waals surface area contributed by atoms with Gasteiger partial charge in [-0.05, 0) is 48.0 Å². The highest BCUT2D eigenvalue weighted by Gasteiger charge is 2.19. The first-order valence-electron chi connectivity index (χ1n) is 4.83. The summed E-state index contributed by atoms with van der Waals surface area (Å²) in [4.78, 5) is 11.7. The van der Waals surface area contributed by atoms with Crippen molar-refractivity contribution in [3.63, 3.8) is 0 Å². The maximum atomic E-state index is 13.2. The molecule has 0 unspecified atom stereocenters. The van der Waals surface area contributed by atoms with Crippen LogP contribution in [0.1, 0.15) is 24.2 Å². The Hall–Kier alpha value is -0.650. The van der Waals surface area contributed by atoms with E-state index in [1.54, 1.807) is 19.9 Å². The Kier molecular flexibility index (Phi) is 6.09. The molecule has 1 rings (SSSR count). The number of carbonyl (C=O) groups excluding carboxylic acids is 1. The number of hydrogen-bond donors (Lipinski definition) is 2. The summed E-state index contributed by atoms with van der Waals surface area (Å²) in [5.74, 6) is -0.792. The molecule has 3 nitrogen and oxygen atoms in total. The number of halogens is 3. The highest BCUT2D eigenvalue weighted by molar-refractivity contribution is 9.10. The zero-order valence-corrected chi connectivity index (χ0v) is 12.0. The average Bonchev–Trinajstić information content (AvgIpc) is 2.21. The van der Waals surface area contributed by atoms with Gasteiger partial charge in [0, 0.05) is 17.6 Å². The molecule has 0 heterocycles. The van der Waals surface area contributed by atoms with Crippen molar-refractivity contribution in [3.8, 4) is 0 Å². The van der Waals surface area contributed by atoms with Gasteiger partial charge in [0.15, 0.2) is 0 Å². The van der Waals surface area contributed by atoms with E-state index in [9.17, 15) is 9.18 Å².